The second-order valence-electron chi connectivity index (χ2n) is 6.33. The molecule has 1 amide bonds. The van der Waals surface area contributed by atoms with E-state index in [9.17, 15) is 14.0 Å². The molecule has 5 heteroatoms. The van der Waals surface area contributed by atoms with Crippen LogP contribution >= 0.6 is 0 Å². The van der Waals surface area contributed by atoms with Crippen molar-refractivity contribution in [1.82, 2.24) is 0 Å². The van der Waals surface area contributed by atoms with Gasteiger partial charge in [0.25, 0.3) is 5.91 Å². The Hall–Kier alpha value is -3.73. The molecule has 0 saturated carbocycles. The van der Waals surface area contributed by atoms with Crippen molar-refractivity contribution in [1.29, 1.82) is 0 Å². The molecule has 1 N–H and O–H groups in total. The van der Waals surface area contributed by atoms with Gasteiger partial charge in [-0.1, -0.05) is 54.6 Å². The van der Waals surface area contributed by atoms with Crippen LogP contribution < -0.4 is 5.32 Å². The number of anilines is 1. The summed E-state index contributed by atoms with van der Waals surface area (Å²) < 4.78 is 18.5. The highest BCUT2D eigenvalue weighted by Crippen LogP contribution is 2.29. The van der Waals surface area contributed by atoms with Crippen LogP contribution in [0.15, 0.2) is 78.9 Å². The van der Waals surface area contributed by atoms with E-state index in [4.69, 9.17) is 4.74 Å². The molecule has 0 aliphatic heterocycles. The van der Waals surface area contributed by atoms with Gasteiger partial charge < -0.3 is 10.1 Å². The largest absolute Gasteiger partial charge is 0.452 e. The summed E-state index contributed by atoms with van der Waals surface area (Å²) in [5.41, 5.74) is 0.726. The van der Waals surface area contributed by atoms with Crippen LogP contribution in [0.2, 0.25) is 0 Å². The average molecular weight is 373 g/mol. The van der Waals surface area contributed by atoms with Gasteiger partial charge in [0.2, 0.25) is 0 Å². The number of carbonyl (C=O) groups is 2. The molecule has 0 aliphatic rings. The highest BCUT2D eigenvalue weighted by Gasteiger charge is 2.17. The van der Waals surface area contributed by atoms with Gasteiger partial charge in [-0.15, -0.1) is 0 Å². The van der Waals surface area contributed by atoms with Crippen molar-refractivity contribution in [2.75, 3.05) is 11.9 Å². The standard InChI is InChI=1S/C23H16FNO3/c24-17-8-5-9-18(13-17)25-21(26)14-28-23(27)22-19-10-3-1-6-15(19)12-16-7-2-4-11-20(16)22/h1-13H,14H2,(H,25,26). The first-order valence-corrected chi connectivity index (χ1v) is 8.75. The fourth-order valence-corrected chi connectivity index (χ4v) is 3.20. The van der Waals surface area contributed by atoms with Crippen LogP contribution in [-0.2, 0) is 9.53 Å². The maximum absolute atomic E-state index is 13.2. The lowest BCUT2D eigenvalue weighted by atomic mass is 9.97. The summed E-state index contributed by atoms with van der Waals surface area (Å²) in [6.07, 6.45) is 0. The normalized spacial score (nSPS) is 10.8. The van der Waals surface area contributed by atoms with Crippen molar-refractivity contribution in [3.8, 4) is 0 Å². The monoisotopic (exact) mass is 373 g/mol. The van der Waals surface area contributed by atoms with Crippen LogP contribution in [0.25, 0.3) is 21.5 Å². The number of fused-ring (bicyclic) bond motifs is 2. The Bertz CT molecular complexity index is 1150. The Morgan fingerprint density at radius 1 is 0.821 bits per heavy atom. The SMILES string of the molecule is O=C(COC(=O)c1c2ccccc2cc2ccccc12)Nc1cccc(F)c1. The number of benzene rings is 4. The molecule has 0 bridgehead atoms. The summed E-state index contributed by atoms with van der Waals surface area (Å²) in [4.78, 5) is 24.9. The number of rotatable bonds is 4. The van der Waals surface area contributed by atoms with Crippen molar-refractivity contribution in [2.24, 2.45) is 0 Å². The third kappa shape index (κ3) is 3.55. The number of hydrogen-bond donors (Lipinski definition) is 1. The molecule has 4 nitrogen and oxygen atoms in total. The third-order valence-corrected chi connectivity index (χ3v) is 4.42. The second-order valence-corrected chi connectivity index (χ2v) is 6.33. The zero-order valence-corrected chi connectivity index (χ0v) is 14.8. The number of carbonyl (C=O) groups excluding carboxylic acids is 2. The van der Waals surface area contributed by atoms with Crippen molar-refractivity contribution in [3.63, 3.8) is 0 Å². The van der Waals surface area contributed by atoms with E-state index < -0.39 is 24.3 Å². The highest BCUT2D eigenvalue weighted by molar-refractivity contribution is 6.16. The van der Waals surface area contributed by atoms with E-state index in [1.807, 2.05) is 54.6 Å². The molecule has 0 heterocycles. The van der Waals surface area contributed by atoms with Gasteiger partial charge in [0, 0.05) is 5.69 Å². The van der Waals surface area contributed by atoms with Gasteiger partial charge in [-0.05, 0) is 45.8 Å². The van der Waals surface area contributed by atoms with E-state index in [1.54, 1.807) is 6.07 Å². The molecule has 0 saturated heterocycles. The lowest BCUT2D eigenvalue weighted by Gasteiger charge is -2.11. The summed E-state index contributed by atoms with van der Waals surface area (Å²) in [5.74, 6) is -1.58. The van der Waals surface area contributed by atoms with Crippen LogP contribution in [0.5, 0.6) is 0 Å². The molecule has 28 heavy (non-hydrogen) atoms. The molecule has 138 valence electrons. The quantitative estimate of drug-likeness (QED) is 0.408. The third-order valence-electron chi connectivity index (χ3n) is 4.42. The molecular formula is C23H16FNO3. The van der Waals surface area contributed by atoms with Gasteiger partial charge in [-0.25, -0.2) is 9.18 Å². The average Bonchev–Trinajstić information content (AvgIpc) is 2.70. The summed E-state index contributed by atoms with van der Waals surface area (Å²) in [6, 6.07) is 22.6. The van der Waals surface area contributed by atoms with E-state index in [0.717, 1.165) is 21.5 Å². The number of nitrogens with one attached hydrogen (secondary N) is 1. The van der Waals surface area contributed by atoms with E-state index in [-0.39, 0.29) is 0 Å². The van der Waals surface area contributed by atoms with Crippen molar-refractivity contribution in [3.05, 3.63) is 90.2 Å². The second kappa shape index (κ2) is 7.48. The Morgan fingerprint density at radius 3 is 2.11 bits per heavy atom. The van der Waals surface area contributed by atoms with Crippen LogP contribution in [0.3, 0.4) is 0 Å². The lowest BCUT2D eigenvalue weighted by molar-refractivity contribution is -0.119. The van der Waals surface area contributed by atoms with Crippen LogP contribution in [0.4, 0.5) is 10.1 Å². The smallest absolute Gasteiger partial charge is 0.339 e. The summed E-state index contributed by atoms with van der Waals surface area (Å²) >= 11 is 0. The number of amides is 1. The van der Waals surface area contributed by atoms with Gasteiger partial charge >= 0.3 is 5.97 Å². The van der Waals surface area contributed by atoms with Crippen LogP contribution in [-0.4, -0.2) is 18.5 Å². The van der Waals surface area contributed by atoms with E-state index >= 15 is 0 Å². The molecule has 0 aromatic heterocycles. The Labute approximate surface area is 160 Å². The minimum atomic E-state index is -0.581. The molecule has 0 fully saturated rings. The van der Waals surface area contributed by atoms with Gasteiger partial charge in [0.1, 0.15) is 5.82 Å². The molecule has 0 radical (unpaired) electrons. The molecule has 0 atom stereocenters. The van der Waals surface area contributed by atoms with E-state index in [2.05, 4.69) is 5.32 Å². The summed E-state index contributed by atoms with van der Waals surface area (Å²) in [5, 5.41) is 5.86. The predicted octanol–water partition coefficient (Wildman–Crippen LogP) is 4.93. The van der Waals surface area contributed by atoms with Crippen molar-refractivity contribution >= 4 is 39.1 Å². The fraction of sp³-hybridized carbons (Fsp3) is 0.0435. The zero-order valence-electron chi connectivity index (χ0n) is 14.8. The Kier molecular flexibility index (Phi) is 4.72. The first-order chi connectivity index (χ1) is 13.6. The highest BCUT2D eigenvalue weighted by atomic mass is 19.1. The molecule has 0 unspecified atom stereocenters. The fourth-order valence-electron chi connectivity index (χ4n) is 3.20. The molecule has 4 rings (SSSR count). The molecule has 4 aromatic carbocycles. The molecule has 4 aromatic rings. The van der Waals surface area contributed by atoms with Crippen LogP contribution in [0, 0.1) is 5.82 Å². The first kappa shape index (κ1) is 17.7. The van der Waals surface area contributed by atoms with E-state index in [0.29, 0.717) is 11.3 Å². The van der Waals surface area contributed by atoms with Gasteiger partial charge in [-0.2, -0.15) is 0 Å². The van der Waals surface area contributed by atoms with Crippen molar-refractivity contribution < 1.29 is 18.7 Å². The molecule has 0 spiro atoms. The van der Waals surface area contributed by atoms with E-state index in [1.165, 1.54) is 18.2 Å². The van der Waals surface area contributed by atoms with Gasteiger partial charge in [-0.3, -0.25) is 4.79 Å². The molecular weight excluding hydrogens is 357 g/mol. The predicted molar refractivity (Wildman–Crippen MR) is 107 cm³/mol. The van der Waals surface area contributed by atoms with Crippen molar-refractivity contribution in [2.45, 2.75) is 0 Å². The summed E-state index contributed by atoms with van der Waals surface area (Å²) in [7, 11) is 0. The summed E-state index contributed by atoms with van der Waals surface area (Å²) in [6.45, 7) is -0.465. The number of esters is 1. The minimum absolute atomic E-state index is 0.302. The van der Waals surface area contributed by atoms with Gasteiger partial charge in [0.15, 0.2) is 6.61 Å². The van der Waals surface area contributed by atoms with Crippen LogP contribution in [0.1, 0.15) is 10.4 Å². The lowest BCUT2D eigenvalue weighted by Crippen LogP contribution is -2.21. The zero-order chi connectivity index (χ0) is 19.5. The maximum Gasteiger partial charge on any atom is 0.339 e. The maximum atomic E-state index is 13.2. The Balaban J connectivity index is 1.59. The minimum Gasteiger partial charge on any atom is -0.452 e. The van der Waals surface area contributed by atoms with Gasteiger partial charge in [0.05, 0.1) is 5.56 Å². The first-order valence-electron chi connectivity index (χ1n) is 8.75. The number of ether oxygens (including phenoxy) is 1. The molecule has 0 aliphatic carbocycles. The Morgan fingerprint density at radius 2 is 1.46 bits per heavy atom. The number of hydrogen-bond acceptors (Lipinski definition) is 3. The topological polar surface area (TPSA) is 55.4 Å². The number of halogens is 1.